The minimum atomic E-state index is -3.89. The predicted molar refractivity (Wildman–Crippen MR) is 113 cm³/mol. The highest BCUT2D eigenvalue weighted by Gasteiger charge is 2.18. The van der Waals surface area contributed by atoms with E-state index in [0.29, 0.717) is 17.5 Å². The van der Waals surface area contributed by atoms with E-state index in [2.05, 4.69) is 50.9 Å². The molecule has 1 aromatic carbocycles. The van der Waals surface area contributed by atoms with E-state index in [1.54, 1.807) is 24.4 Å². The van der Waals surface area contributed by atoms with Crippen molar-refractivity contribution >= 4 is 27.5 Å². The summed E-state index contributed by atoms with van der Waals surface area (Å²) in [6.45, 7) is 0.308. The van der Waals surface area contributed by atoms with Crippen molar-refractivity contribution in [1.82, 2.24) is 40.3 Å². The lowest BCUT2D eigenvalue weighted by Gasteiger charge is -2.10. The Morgan fingerprint density at radius 3 is 2.62 bits per heavy atom. The molecular weight excluding hydrogens is 439 g/mol. The van der Waals surface area contributed by atoms with E-state index in [-0.39, 0.29) is 29.4 Å². The van der Waals surface area contributed by atoms with Gasteiger partial charge in [0.25, 0.3) is 0 Å². The Balaban J connectivity index is 1.35. The molecule has 0 unspecified atom stereocenters. The average molecular weight is 456 g/mol. The Bertz CT molecular complexity index is 1290. The molecule has 12 nitrogen and oxygen atoms in total. The molecule has 0 saturated carbocycles. The number of anilines is 3. The highest BCUT2D eigenvalue weighted by molar-refractivity contribution is 7.89. The average Bonchev–Trinajstić information content (AvgIpc) is 3.33. The molecule has 0 radical (unpaired) electrons. The second-order valence-electron chi connectivity index (χ2n) is 6.33. The van der Waals surface area contributed by atoms with Crippen LogP contribution in [0.4, 0.5) is 21.8 Å². The van der Waals surface area contributed by atoms with Gasteiger partial charge in [0.2, 0.25) is 15.8 Å². The molecular formula is C18H17FN10O2S. The lowest BCUT2D eigenvalue weighted by molar-refractivity contribution is 0.582. The Morgan fingerprint density at radius 2 is 1.84 bits per heavy atom. The highest BCUT2D eigenvalue weighted by atomic mass is 32.2. The van der Waals surface area contributed by atoms with Gasteiger partial charge in [-0.3, -0.25) is 0 Å². The molecule has 4 rings (SSSR count). The molecule has 0 bridgehead atoms. The first-order valence-electron chi connectivity index (χ1n) is 9.28. The van der Waals surface area contributed by atoms with Crippen molar-refractivity contribution in [3.63, 3.8) is 0 Å². The van der Waals surface area contributed by atoms with Gasteiger partial charge in [0.15, 0.2) is 0 Å². The van der Waals surface area contributed by atoms with E-state index >= 15 is 0 Å². The summed E-state index contributed by atoms with van der Waals surface area (Å²) in [7, 11) is -3.89. The molecule has 0 atom stereocenters. The first kappa shape index (κ1) is 21.2. The van der Waals surface area contributed by atoms with Crippen molar-refractivity contribution < 1.29 is 12.8 Å². The topological polar surface area (TPSA) is 163 Å². The number of H-pyrrole nitrogens is 1. The number of benzene rings is 1. The molecule has 32 heavy (non-hydrogen) atoms. The number of sulfonamides is 1. The Morgan fingerprint density at radius 1 is 0.969 bits per heavy atom. The van der Waals surface area contributed by atoms with Crippen molar-refractivity contribution in [3.8, 4) is 11.4 Å². The lowest BCUT2D eigenvalue weighted by atomic mass is 10.2. The van der Waals surface area contributed by atoms with E-state index in [1.807, 2.05) is 6.07 Å². The number of hydrogen-bond donors (Lipinski definition) is 4. The molecule has 14 heteroatoms. The van der Waals surface area contributed by atoms with Crippen LogP contribution in [0.3, 0.4) is 0 Å². The Kier molecular flexibility index (Phi) is 6.23. The smallest absolute Gasteiger partial charge is 0.240 e. The van der Waals surface area contributed by atoms with Gasteiger partial charge in [0.05, 0.1) is 10.5 Å². The zero-order valence-electron chi connectivity index (χ0n) is 16.4. The fraction of sp³-hybridized carbons (Fsp3) is 0.111. The normalized spacial score (nSPS) is 11.3. The summed E-state index contributed by atoms with van der Waals surface area (Å²) in [4.78, 5) is 12.3. The summed E-state index contributed by atoms with van der Waals surface area (Å²) >= 11 is 0. The number of rotatable bonds is 9. The Hall–Kier alpha value is -4.04. The number of tetrazole rings is 1. The number of pyridine rings is 1. The molecule has 164 valence electrons. The van der Waals surface area contributed by atoms with Gasteiger partial charge in [-0.05, 0) is 35.5 Å². The number of aromatic amines is 1. The van der Waals surface area contributed by atoms with Crippen LogP contribution in [0.2, 0.25) is 0 Å². The first-order valence-corrected chi connectivity index (χ1v) is 10.8. The van der Waals surface area contributed by atoms with Crippen LogP contribution in [0.5, 0.6) is 0 Å². The summed E-state index contributed by atoms with van der Waals surface area (Å²) in [5.74, 6) is 0.955. The predicted octanol–water partition coefficient (Wildman–Crippen LogP) is 1.32. The van der Waals surface area contributed by atoms with E-state index in [1.165, 1.54) is 6.33 Å². The van der Waals surface area contributed by atoms with Crippen LogP contribution in [0.25, 0.3) is 11.4 Å². The van der Waals surface area contributed by atoms with Crippen molar-refractivity contribution in [2.24, 2.45) is 0 Å². The summed E-state index contributed by atoms with van der Waals surface area (Å²) in [6.07, 6.45) is 3.02. The Labute approximate surface area is 181 Å². The van der Waals surface area contributed by atoms with Gasteiger partial charge in [0, 0.05) is 25.4 Å². The molecule has 3 aromatic heterocycles. The zero-order chi connectivity index (χ0) is 22.4. The second kappa shape index (κ2) is 9.40. The molecule has 0 spiro atoms. The van der Waals surface area contributed by atoms with Crippen LogP contribution in [0.1, 0.15) is 0 Å². The fourth-order valence-electron chi connectivity index (χ4n) is 2.67. The van der Waals surface area contributed by atoms with Crippen LogP contribution in [-0.2, 0) is 10.0 Å². The van der Waals surface area contributed by atoms with E-state index in [9.17, 15) is 12.8 Å². The largest absolute Gasteiger partial charge is 0.369 e. The van der Waals surface area contributed by atoms with Gasteiger partial charge in [-0.1, -0.05) is 6.07 Å². The monoisotopic (exact) mass is 456 g/mol. The third kappa shape index (κ3) is 5.16. The third-order valence-corrected chi connectivity index (χ3v) is 5.60. The summed E-state index contributed by atoms with van der Waals surface area (Å²) in [5.41, 5.74) is -0.0753. The molecule has 0 aliphatic rings. The minimum absolute atomic E-state index is 0.0416. The number of hydrogen-bond acceptors (Lipinski definition) is 10. The fourth-order valence-corrected chi connectivity index (χ4v) is 3.73. The molecule has 4 aromatic rings. The standard InChI is InChI=1S/C18H17FN10O2S/c19-14-5-4-12(9-13(14)18-26-28-29-27-18)32(30,31)24-8-7-21-16-10-17(23-11-22-16)25-15-3-1-2-6-20-15/h1-6,9-11,24H,7-8H2,(H,26,27,28,29)(H2,20,21,22,23,25). The summed E-state index contributed by atoms with van der Waals surface area (Å²) in [5, 5.41) is 19.0. The van der Waals surface area contributed by atoms with Gasteiger partial charge in [-0.15, -0.1) is 10.2 Å². The van der Waals surface area contributed by atoms with Gasteiger partial charge < -0.3 is 10.6 Å². The minimum Gasteiger partial charge on any atom is -0.369 e. The highest BCUT2D eigenvalue weighted by Crippen LogP contribution is 2.22. The lowest BCUT2D eigenvalue weighted by Crippen LogP contribution is -2.29. The number of nitrogens with one attached hydrogen (secondary N) is 4. The SMILES string of the molecule is O=S(=O)(NCCNc1cc(Nc2ccccn2)ncn1)c1ccc(F)c(-c2nn[nH]n2)c1. The number of nitrogens with zero attached hydrogens (tertiary/aromatic N) is 6. The molecule has 0 saturated heterocycles. The molecule has 0 amide bonds. The van der Waals surface area contributed by atoms with E-state index in [4.69, 9.17) is 0 Å². The van der Waals surface area contributed by atoms with Crippen LogP contribution < -0.4 is 15.4 Å². The summed E-state index contributed by atoms with van der Waals surface area (Å²) in [6, 6.07) is 10.5. The van der Waals surface area contributed by atoms with Gasteiger partial charge in [-0.2, -0.15) is 5.21 Å². The van der Waals surface area contributed by atoms with Gasteiger partial charge >= 0.3 is 0 Å². The maximum absolute atomic E-state index is 14.0. The molecule has 0 aliphatic carbocycles. The second-order valence-corrected chi connectivity index (χ2v) is 8.10. The van der Waals surface area contributed by atoms with Crippen LogP contribution in [-0.4, -0.2) is 57.1 Å². The molecule has 0 fully saturated rings. The van der Waals surface area contributed by atoms with Crippen LogP contribution in [0.15, 0.2) is 59.9 Å². The van der Waals surface area contributed by atoms with Crippen LogP contribution in [0, 0.1) is 5.82 Å². The first-order chi connectivity index (χ1) is 15.5. The van der Waals surface area contributed by atoms with Gasteiger partial charge in [-0.25, -0.2) is 32.5 Å². The maximum atomic E-state index is 14.0. The maximum Gasteiger partial charge on any atom is 0.240 e. The zero-order valence-corrected chi connectivity index (χ0v) is 17.2. The summed E-state index contributed by atoms with van der Waals surface area (Å²) < 4.78 is 41.6. The van der Waals surface area contributed by atoms with Crippen LogP contribution >= 0.6 is 0 Å². The van der Waals surface area contributed by atoms with Crippen molar-refractivity contribution in [2.75, 3.05) is 23.7 Å². The van der Waals surface area contributed by atoms with Gasteiger partial charge in [0.1, 0.15) is 29.6 Å². The quantitative estimate of drug-likeness (QED) is 0.270. The number of aromatic nitrogens is 7. The van der Waals surface area contributed by atoms with Crippen molar-refractivity contribution in [2.45, 2.75) is 4.90 Å². The molecule has 0 aliphatic heterocycles. The molecule has 4 N–H and O–H groups in total. The van der Waals surface area contributed by atoms with E-state index in [0.717, 1.165) is 18.2 Å². The van der Waals surface area contributed by atoms with Crippen molar-refractivity contribution in [3.05, 3.63) is 60.8 Å². The van der Waals surface area contributed by atoms with Crippen molar-refractivity contribution in [1.29, 1.82) is 0 Å². The molecule has 3 heterocycles. The van der Waals surface area contributed by atoms with E-state index < -0.39 is 15.8 Å². The third-order valence-electron chi connectivity index (χ3n) is 4.15. The number of halogens is 1.